The van der Waals surface area contributed by atoms with Crippen molar-refractivity contribution < 1.29 is 4.74 Å². The van der Waals surface area contributed by atoms with Gasteiger partial charge in [-0.1, -0.05) is 0 Å². The lowest BCUT2D eigenvalue weighted by molar-refractivity contribution is 0.0835. The maximum Gasteiger partial charge on any atom is 0.251 e. The Morgan fingerprint density at radius 1 is 1.53 bits per heavy atom. The highest BCUT2D eigenvalue weighted by molar-refractivity contribution is 6.16. The van der Waals surface area contributed by atoms with Crippen molar-refractivity contribution in [1.29, 1.82) is 0 Å². The first-order valence-electron chi connectivity index (χ1n) is 5.03. The molecule has 4 nitrogen and oxygen atoms in total. The van der Waals surface area contributed by atoms with Crippen LogP contribution in [0.2, 0.25) is 0 Å². The van der Waals surface area contributed by atoms with Crippen LogP contribution >= 0.6 is 11.6 Å². The molecule has 1 aliphatic rings. The number of ether oxygens (including phenoxy) is 1. The van der Waals surface area contributed by atoms with Crippen LogP contribution in [0.5, 0.6) is 0 Å². The van der Waals surface area contributed by atoms with Gasteiger partial charge in [-0.3, -0.25) is 4.79 Å². The van der Waals surface area contributed by atoms with Crippen molar-refractivity contribution in [2.75, 3.05) is 13.2 Å². The van der Waals surface area contributed by atoms with Crippen LogP contribution in [0.4, 0.5) is 0 Å². The van der Waals surface area contributed by atoms with E-state index in [2.05, 4.69) is 9.97 Å². The zero-order valence-electron chi connectivity index (χ0n) is 8.33. The average Bonchev–Trinajstić information content (AvgIpc) is 2.29. The minimum atomic E-state index is -0.123. The van der Waals surface area contributed by atoms with Crippen LogP contribution in [0, 0.1) is 0 Å². The van der Waals surface area contributed by atoms with Gasteiger partial charge in [0.1, 0.15) is 5.82 Å². The lowest BCUT2D eigenvalue weighted by Crippen LogP contribution is -2.20. The van der Waals surface area contributed by atoms with Gasteiger partial charge in [0.2, 0.25) is 0 Å². The van der Waals surface area contributed by atoms with Crippen molar-refractivity contribution >= 4 is 11.6 Å². The highest BCUT2D eigenvalue weighted by atomic mass is 35.5. The molecule has 0 saturated carbocycles. The van der Waals surface area contributed by atoms with Gasteiger partial charge in [-0.25, -0.2) is 4.98 Å². The number of nitrogens with zero attached hydrogens (tertiary/aromatic N) is 1. The van der Waals surface area contributed by atoms with Crippen LogP contribution in [-0.2, 0) is 10.6 Å². The third-order valence-corrected chi connectivity index (χ3v) is 2.83. The molecule has 0 atom stereocenters. The number of aromatic amines is 1. The average molecular weight is 229 g/mol. The van der Waals surface area contributed by atoms with Gasteiger partial charge in [0.15, 0.2) is 0 Å². The second-order valence-electron chi connectivity index (χ2n) is 3.64. The van der Waals surface area contributed by atoms with Crippen molar-refractivity contribution in [2.45, 2.75) is 24.6 Å². The fourth-order valence-corrected chi connectivity index (χ4v) is 1.90. The second kappa shape index (κ2) is 4.77. The fraction of sp³-hybridized carbons (Fsp3) is 0.600. The molecule has 0 bridgehead atoms. The largest absolute Gasteiger partial charge is 0.381 e. The molecule has 5 heteroatoms. The van der Waals surface area contributed by atoms with E-state index in [4.69, 9.17) is 16.3 Å². The number of hydrogen-bond donors (Lipinski definition) is 1. The molecule has 15 heavy (non-hydrogen) atoms. The number of halogens is 1. The third-order valence-electron chi connectivity index (χ3n) is 2.56. The maximum absolute atomic E-state index is 11.3. The summed E-state index contributed by atoms with van der Waals surface area (Å²) in [6, 6.07) is 1.44. The van der Waals surface area contributed by atoms with E-state index in [1.165, 1.54) is 6.07 Å². The summed E-state index contributed by atoms with van der Waals surface area (Å²) in [6.07, 6.45) is 1.82. The quantitative estimate of drug-likeness (QED) is 0.779. The molecule has 1 aliphatic heterocycles. The van der Waals surface area contributed by atoms with Crippen molar-refractivity contribution in [3.8, 4) is 0 Å². The van der Waals surface area contributed by atoms with Gasteiger partial charge in [-0.05, 0) is 12.8 Å². The number of hydrogen-bond acceptors (Lipinski definition) is 3. The Morgan fingerprint density at radius 2 is 2.27 bits per heavy atom. The van der Waals surface area contributed by atoms with Crippen molar-refractivity contribution in [3.63, 3.8) is 0 Å². The number of aromatic nitrogens is 2. The van der Waals surface area contributed by atoms with E-state index in [9.17, 15) is 4.79 Å². The van der Waals surface area contributed by atoms with Crippen LogP contribution < -0.4 is 5.56 Å². The Morgan fingerprint density at radius 3 is 2.93 bits per heavy atom. The SMILES string of the molecule is O=c1cc(CCl)nc(C2CCOCC2)[nH]1. The van der Waals surface area contributed by atoms with Crippen LogP contribution in [0.25, 0.3) is 0 Å². The van der Waals surface area contributed by atoms with Crippen LogP contribution in [0.3, 0.4) is 0 Å². The van der Waals surface area contributed by atoms with Crippen LogP contribution in [-0.4, -0.2) is 23.2 Å². The molecule has 1 N–H and O–H groups in total. The van der Waals surface area contributed by atoms with E-state index < -0.39 is 0 Å². The molecule has 82 valence electrons. The molecule has 1 aromatic heterocycles. The number of rotatable bonds is 2. The molecule has 1 aromatic rings. The highest BCUT2D eigenvalue weighted by Gasteiger charge is 2.18. The van der Waals surface area contributed by atoms with E-state index >= 15 is 0 Å². The van der Waals surface area contributed by atoms with Crippen molar-refractivity contribution in [1.82, 2.24) is 9.97 Å². The molecule has 2 rings (SSSR count). The van der Waals surface area contributed by atoms with Crippen LogP contribution in [0.1, 0.15) is 30.3 Å². The highest BCUT2D eigenvalue weighted by Crippen LogP contribution is 2.23. The Bertz CT molecular complexity index is 385. The zero-order valence-corrected chi connectivity index (χ0v) is 9.09. The van der Waals surface area contributed by atoms with Gasteiger partial charge in [-0.2, -0.15) is 0 Å². The first-order valence-corrected chi connectivity index (χ1v) is 5.57. The Balaban J connectivity index is 2.26. The maximum atomic E-state index is 11.3. The summed E-state index contributed by atoms with van der Waals surface area (Å²) in [5, 5.41) is 0. The van der Waals surface area contributed by atoms with E-state index in [1.54, 1.807) is 0 Å². The first kappa shape index (κ1) is 10.6. The molecule has 2 heterocycles. The summed E-state index contributed by atoms with van der Waals surface area (Å²) in [6.45, 7) is 1.47. The smallest absolute Gasteiger partial charge is 0.251 e. The second-order valence-corrected chi connectivity index (χ2v) is 3.91. The van der Waals surface area contributed by atoms with Gasteiger partial charge in [0.05, 0.1) is 11.6 Å². The minimum Gasteiger partial charge on any atom is -0.381 e. The molecule has 0 aliphatic carbocycles. The monoisotopic (exact) mass is 228 g/mol. The zero-order chi connectivity index (χ0) is 10.7. The minimum absolute atomic E-state index is 0.123. The first-order chi connectivity index (χ1) is 7.29. The normalized spacial score (nSPS) is 17.9. The van der Waals surface area contributed by atoms with Crippen molar-refractivity contribution in [2.24, 2.45) is 0 Å². The van der Waals surface area contributed by atoms with Gasteiger partial charge in [0.25, 0.3) is 5.56 Å². The molecule has 1 saturated heterocycles. The van der Waals surface area contributed by atoms with E-state index in [0.29, 0.717) is 11.6 Å². The lowest BCUT2D eigenvalue weighted by atomic mass is 9.99. The molecule has 0 unspecified atom stereocenters. The number of nitrogens with one attached hydrogen (secondary N) is 1. The summed E-state index contributed by atoms with van der Waals surface area (Å²) >= 11 is 5.67. The summed E-state index contributed by atoms with van der Waals surface area (Å²) in [4.78, 5) is 18.4. The Labute approximate surface area is 92.6 Å². The van der Waals surface area contributed by atoms with E-state index in [-0.39, 0.29) is 11.4 Å². The predicted molar refractivity (Wildman–Crippen MR) is 57.2 cm³/mol. The van der Waals surface area contributed by atoms with Gasteiger partial charge < -0.3 is 9.72 Å². The van der Waals surface area contributed by atoms with Crippen molar-refractivity contribution in [3.05, 3.63) is 27.9 Å². The fourth-order valence-electron chi connectivity index (χ4n) is 1.76. The van der Waals surface area contributed by atoms with Crippen LogP contribution in [0.15, 0.2) is 10.9 Å². The lowest BCUT2D eigenvalue weighted by Gasteiger charge is -2.21. The number of H-pyrrole nitrogens is 1. The molecular weight excluding hydrogens is 216 g/mol. The summed E-state index contributed by atoms with van der Waals surface area (Å²) in [5.41, 5.74) is 0.518. The summed E-state index contributed by atoms with van der Waals surface area (Å²) in [7, 11) is 0. The summed E-state index contributed by atoms with van der Waals surface area (Å²) < 4.78 is 5.26. The standard InChI is InChI=1S/C10H13ClN2O2/c11-6-8-5-9(14)13-10(12-8)7-1-3-15-4-2-7/h5,7H,1-4,6H2,(H,12,13,14). The topological polar surface area (TPSA) is 55.0 Å². The van der Waals surface area contributed by atoms with Gasteiger partial charge >= 0.3 is 0 Å². The molecule has 0 aromatic carbocycles. The van der Waals surface area contributed by atoms with E-state index in [0.717, 1.165) is 31.9 Å². The van der Waals surface area contributed by atoms with Gasteiger partial charge in [-0.15, -0.1) is 11.6 Å². The number of alkyl halides is 1. The molecule has 1 fully saturated rings. The Hall–Kier alpha value is -0.870. The predicted octanol–water partition coefficient (Wildman–Crippen LogP) is 1.40. The van der Waals surface area contributed by atoms with E-state index in [1.807, 2.05) is 0 Å². The molecule has 0 spiro atoms. The molecular formula is C10H13ClN2O2. The summed E-state index contributed by atoms with van der Waals surface area (Å²) in [5.74, 6) is 1.33. The third kappa shape index (κ3) is 2.58. The molecule has 0 radical (unpaired) electrons. The van der Waals surface area contributed by atoms with Gasteiger partial charge in [0, 0.05) is 25.2 Å². The molecule has 0 amide bonds. The Kier molecular flexibility index (Phi) is 3.38.